The Morgan fingerprint density at radius 1 is 1.14 bits per heavy atom. The number of pyridine rings is 1. The van der Waals surface area contributed by atoms with Gasteiger partial charge in [-0.3, -0.25) is 9.78 Å². The first-order valence-corrected chi connectivity index (χ1v) is 11.8. The molecule has 0 aliphatic carbocycles. The summed E-state index contributed by atoms with van der Waals surface area (Å²) in [4.78, 5) is 18.2. The van der Waals surface area contributed by atoms with E-state index in [1.807, 2.05) is 6.07 Å². The van der Waals surface area contributed by atoms with E-state index in [1.165, 1.54) is 39.8 Å². The molecule has 10 heteroatoms. The SMILES string of the molecule is C=CC(=O)N1CCc2cc(Cl)sc2C1.FC(F)(F)c1nn(-c2ccncc2)cc1-c1ccccc1. The molecule has 0 atom stereocenters. The number of alkyl halides is 3. The van der Waals surface area contributed by atoms with Gasteiger partial charge in [0.25, 0.3) is 0 Å². The molecule has 180 valence electrons. The molecule has 4 aromatic rings. The fourth-order valence-electron chi connectivity index (χ4n) is 3.64. The normalized spacial score (nSPS) is 13.0. The zero-order chi connectivity index (χ0) is 25.0. The van der Waals surface area contributed by atoms with Crippen molar-refractivity contribution in [3.63, 3.8) is 0 Å². The number of aromatic nitrogens is 3. The summed E-state index contributed by atoms with van der Waals surface area (Å²) in [5.41, 5.74) is 1.45. The van der Waals surface area contributed by atoms with Crippen LogP contribution in [-0.2, 0) is 23.9 Å². The number of carbonyl (C=O) groups excluding carboxylic acids is 1. The van der Waals surface area contributed by atoms with Crippen LogP contribution in [0.4, 0.5) is 13.2 Å². The lowest BCUT2D eigenvalue weighted by Crippen LogP contribution is -2.33. The van der Waals surface area contributed by atoms with E-state index in [9.17, 15) is 18.0 Å². The summed E-state index contributed by atoms with van der Waals surface area (Å²) in [5, 5.41) is 3.69. The average Bonchev–Trinajstić information content (AvgIpc) is 3.48. The van der Waals surface area contributed by atoms with Crippen molar-refractivity contribution in [2.45, 2.75) is 19.1 Å². The van der Waals surface area contributed by atoms with Crippen molar-refractivity contribution in [2.75, 3.05) is 6.54 Å². The number of hydrogen-bond donors (Lipinski definition) is 0. The number of halogens is 4. The molecular weight excluding hydrogens is 497 g/mol. The van der Waals surface area contributed by atoms with E-state index >= 15 is 0 Å². The summed E-state index contributed by atoms with van der Waals surface area (Å²) in [5.74, 6) is 0.000160. The molecule has 1 aliphatic heterocycles. The van der Waals surface area contributed by atoms with Crippen LogP contribution in [0.5, 0.6) is 0 Å². The number of hydrogen-bond acceptors (Lipinski definition) is 4. The van der Waals surface area contributed by atoms with Crippen LogP contribution < -0.4 is 0 Å². The number of amides is 1. The number of benzene rings is 1. The summed E-state index contributed by atoms with van der Waals surface area (Å²) < 4.78 is 41.5. The first kappa shape index (κ1) is 24.7. The van der Waals surface area contributed by atoms with Crippen molar-refractivity contribution in [3.05, 3.63) is 100 Å². The first-order valence-electron chi connectivity index (χ1n) is 10.6. The van der Waals surface area contributed by atoms with Crippen LogP contribution >= 0.6 is 22.9 Å². The van der Waals surface area contributed by atoms with E-state index < -0.39 is 11.9 Å². The average molecular weight is 517 g/mol. The van der Waals surface area contributed by atoms with Gasteiger partial charge < -0.3 is 4.90 Å². The van der Waals surface area contributed by atoms with Crippen molar-refractivity contribution >= 4 is 28.8 Å². The summed E-state index contributed by atoms with van der Waals surface area (Å²) in [6, 6.07) is 13.6. The number of thiophene rings is 1. The highest BCUT2D eigenvalue weighted by atomic mass is 35.5. The van der Waals surface area contributed by atoms with Gasteiger partial charge in [0.15, 0.2) is 5.69 Å². The van der Waals surface area contributed by atoms with Gasteiger partial charge in [0.2, 0.25) is 5.91 Å². The third-order valence-corrected chi connectivity index (χ3v) is 6.62. The van der Waals surface area contributed by atoms with Gasteiger partial charge in [-0.05, 0) is 41.8 Å². The Morgan fingerprint density at radius 3 is 2.51 bits per heavy atom. The highest BCUT2D eigenvalue weighted by molar-refractivity contribution is 7.16. The van der Waals surface area contributed by atoms with E-state index in [4.69, 9.17) is 11.6 Å². The Morgan fingerprint density at radius 2 is 1.86 bits per heavy atom. The second-order valence-electron chi connectivity index (χ2n) is 7.62. The number of carbonyl (C=O) groups is 1. The van der Waals surface area contributed by atoms with E-state index in [2.05, 4.69) is 16.7 Å². The molecule has 0 spiro atoms. The van der Waals surface area contributed by atoms with Gasteiger partial charge in [-0.15, -0.1) is 11.3 Å². The molecule has 1 amide bonds. The largest absolute Gasteiger partial charge is 0.435 e. The van der Waals surface area contributed by atoms with Crippen LogP contribution in [0, 0.1) is 0 Å². The lowest BCUT2D eigenvalue weighted by atomic mass is 10.1. The third-order valence-electron chi connectivity index (χ3n) is 5.33. The maximum absolute atomic E-state index is 13.2. The molecular formula is C25H20ClF3N4OS. The number of nitrogens with zero attached hydrogens (tertiary/aromatic N) is 4. The van der Waals surface area contributed by atoms with Crippen molar-refractivity contribution in [3.8, 4) is 16.8 Å². The molecule has 1 aromatic carbocycles. The predicted octanol–water partition coefficient (Wildman–Crippen LogP) is 6.43. The smallest absolute Gasteiger partial charge is 0.334 e. The Balaban J connectivity index is 0.000000179. The lowest BCUT2D eigenvalue weighted by Gasteiger charge is -2.25. The maximum atomic E-state index is 13.2. The summed E-state index contributed by atoms with van der Waals surface area (Å²) in [7, 11) is 0. The van der Waals surface area contributed by atoms with Crippen molar-refractivity contribution in [2.24, 2.45) is 0 Å². The van der Waals surface area contributed by atoms with Crippen LogP contribution in [0.2, 0.25) is 4.34 Å². The highest BCUT2D eigenvalue weighted by Crippen LogP contribution is 2.36. The zero-order valence-electron chi connectivity index (χ0n) is 18.4. The fraction of sp³-hybridized carbons (Fsp3) is 0.160. The molecule has 5 rings (SSSR count). The first-order chi connectivity index (χ1) is 16.8. The monoisotopic (exact) mass is 516 g/mol. The van der Waals surface area contributed by atoms with Gasteiger partial charge in [-0.25, -0.2) is 4.68 Å². The van der Waals surface area contributed by atoms with Gasteiger partial charge >= 0.3 is 6.18 Å². The molecule has 4 heterocycles. The Kier molecular flexibility index (Phi) is 7.37. The highest BCUT2D eigenvalue weighted by Gasteiger charge is 2.37. The molecule has 0 unspecified atom stereocenters. The van der Waals surface area contributed by atoms with E-state index in [-0.39, 0.29) is 11.5 Å². The van der Waals surface area contributed by atoms with Gasteiger partial charge in [-0.2, -0.15) is 18.3 Å². The lowest BCUT2D eigenvalue weighted by molar-refractivity contribution is -0.140. The summed E-state index contributed by atoms with van der Waals surface area (Å²) >= 11 is 7.47. The van der Waals surface area contributed by atoms with Crippen molar-refractivity contribution in [1.29, 1.82) is 0 Å². The van der Waals surface area contributed by atoms with E-state index in [0.717, 1.165) is 17.3 Å². The Hall–Kier alpha value is -3.43. The molecule has 0 N–H and O–H groups in total. The van der Waals surface area contributed by atoms with Gasteiger partial charge in [0.05, 0.1) is 16.6 Å². The maximum Gasteiger partial charge on any atom is 0.435 e. The van der Waals surface area contributed by atoms with Crippen molar-refractivity contribution in [1.82, 2.24) is 19.7 Å². The zero-order valence-corrected chi connectivity index (χ0v) is 19.9. The summed E-state index contributed by atoms with van der Waals surface area (Å²) in [6.07, 6.45) is 2.15. The molecule has 3 aromatic heterocycles. The third kappa shape index (κ3) is 5.80. The van der Waals surface area contributed by atoms with Crippen molar-refractivity contribution < 1.29 is 18.0 Å². The molecule has 0 saturated heterocycles. The van der Waals surface area contributed by atoms with Crippen LogP contribution in [0.15, 0.2) is 79.8 Å². The van der Waals surface area contributed by atoms with Crippen LogP contribution in [0.1, 0.15) is 16.1 Å². The van der Waals surface area contributed by atoms with Gasteiger partial charge in [0, 0.05) is 35.6 Å². The van der Waals surface area contributed by atoms with Crippen LogP contribution in [-0.4, -0.2) is 32.1 Å². The Labute approximate surface area is 209 Å². The minimum absolute atomic E-state index is 0.000160. The van der Waals surface area contributed by atoms with Gasteiger partial charge in [-0.1, -0.05) is 48.5 Å². The molecule has 0 radical (unpaired) electrons. The topological polar surface area (TPSA) is 51.0 Å². The number of rotatable bonds is 3. The summed E-state index contributed by atoms with van der Waals surface area (Å²) in [6.45, 7) is 4.93. The second-order valence-corrected chi connectivity index (χ2v) is 9.39. The van der Waals surface area contributed by atoms with E-state index in [1.54, 1.807) is 58.7 Å². The molecule has 0 bridgehead atoms. The fourth-order valence-corrected chi connectivity index (χ4v) is 5.00. The minimum atomic E-state index is -4.51. The quantitative estimate of drug-likeness (QED) is 0.295. The number of fused-ring (bicyclic) bond motifs is 1. The Bertz CT molecular complexity index is 1320. The molecule has 35 heavy (non-hydrogen) atoms. The van der Waals surface area contributed by atoms with Crippen LogP contribution in [0.25, 0.3) is 16.8 Å². The minimum Gasteiger partial charge on any atom is -0.334 e. The molecule has 0 fully saturated rings. The second kappa shape index (κ2) is 10.5. The predicted molar refractivity (Wildman–Crippen MR) is 130 cm³/mol. The molecule has 5 nitrogen and oxygen atoms in total. The molecule has 0 saturated carbocycles. The van der Waals surface area contributed by atoms with E-state index in [0.29, 0.717) is 17.8 Å². The van der Waals surface area contributed by atoms with Crippen LogP contribution in [0.3, 0.4) is 0 Å². The molecule has 1 aliphatic rings. The van der Waals surface area contributed by atoms with Gasteiger partial charge in [0.1, 0.15) is 0 Å². The standard InChI is InChI=1S/C15H10F3N3.C10H10ClNOS/c16-15(17,18)14-13(11-4-2-1-3-5-11)10-21(20-14)12-6-8-19-9-7-12;1-2-10(13)12-4-3-7-5-9(11)14-8(7)6-12/h1-10H;2,5H,1,3-4,6H2.